The first kappa shape index (κ1) is 21.6. The summed E-state index contributed by atoms with van der Waals surface area (Å²) in [4.78, 5) is 34.8. The minimum atomic E-state index is -0.831. The highest BCUT2D eigenvalue weighted by Gasteiger charge is 2.64. The molecule has 1 aromatic heterocycles. The van der Waals surface area contributed by atoms with Gasteiger partial charge in [0.1, 0.15) is 23.6 Å². The minimum absolute atomic E-state index is 0.136. The Hall–Kier alpha value is -2.63. The predicted octanol–water partition coefficient (Wildman–Crippen LogP) is 0.796. The summed E-state index contributed by atoms with van der Waals surface area (Å²) < 4.78 is 12.5. The van der Waals surface area contributed by atoms with E-state index in [0.29, 0.717) is 31.7 Å². The fraction of sp³-hybridized carbons (Fsp3) is 0.476. The van der Waals surface area contributed by atoms with Gasteiger partial charge < -0.3 is 19.9 Å². The van der Waals surface area contributed by atoms with Crippen LogP contribution in [0.5, 0.6) is 0 Å². The normalized spacial score (nSPS) is 27.5. The molecule has 3 heterocycles. The second-order valence-electron chi connectivity index (χ2n) is 7.59. The van der Waals surface area contributed by atoms with Crippen molar-refractivity contribution in [2.24, 2.45) is 0 Å². The molecule has 0 radical (unpaired) electrons. The maximum absolute atomic E-state index is 12.7. The number of aromatic nitrogens is 2. The topological polar surface area (TPSA) is 115 Å². The molecule has 2 aliphatic heterocycles. The molecule has 10 heteroatoms. The number of anilines is 1. The van der Waals surface area contributed by atoms with Crippen molar-refractivity contribution in [3.05, 3.63) is 58.6 Å². The number of benzene rings is 1. The van der Waals surface area contributed by atoms with Crippen LogP contribution in [0.3, 0.4) is 0 Å². The molecule has 10 nitrogen and oxygen atoms in total. The van der Waals surface area contributed by atoms with Crippen LogP contribution < -0.4 is 11.0 Å². The van der Waals surface area contributed by atoms with Crippen molar-refractivity contribution >= 4 is 11.7 Å². The Balaban J connectivity index is 1.54. The highest BCUT2D eigenvalue weighted by atomic mass is 16.7. The van der Waals surface area contributed by atoms with E-state index in [9.17, 15) is 14.7 Å². The number of amides is 1. The first-order valence-corrected chi connectivity index (χ1v) is 10.2. The molecular weight excluding hydrogens is 404 g/mol. The first-order chi connectivity index (χ1) is 15.0. The quantitative estimate of drug-likeness (QED) is 0.591. The van der Waals surface area contributed by atoms with Gasteiger partial charge in [-0.25, -0.2) is 4.79 Å². The number of aliphatic hydroxyl groups is 1. The molecule has 2 aromatic rings. The summed E-state index contributed by atoms with van der Waals surface area (Å²) in [5, 5.41) is 15.1. The van der Waals surface area contributed by atoms with E-state index in [1.54, 1.807) is 36.4 Å². The fourth-order valence-electron chi connectivity index (χ4n) is 4.10. The summed E-state index contributed by atoms with van der Waals surface area (Å²) in [5.41, 5.74) is -0.970. The number of fused-ring (bicyclic) bond motifs is 2. The third-order valence-electron chi connectivity index (χ3n) is 5.79. The lowest BCUT2D eigenvalue weighted by atomic mass is 9.96. The van der Waals surface area contributed by atoms with E-state index in [1.165, 1.54) is 16.8 Å². The van der Waals surface area contributed by atoms with Gasteiger partial charge in [0.05, 0.1) is 19.8 Å². The molecule has 2 N–H and O–H groups in total. The van der Waals surface area contributed by atoms with Gasteiger partial charge in [-0.1, -0.05) is 25.1 Å². The summed E-state index contributed by atoms with van der Waals surface area (Å²) in [6.07, 6.45) is 0.461. The minimum Gasteiger partial charge on any atom is -0.388 e. The molecule has 2 bridgehead atoms. The van der Waals surface area contributed by atoms with Crippen LogP contribution in [0.2, 0.25) is 0 Å². The Kier molecular flexibility index (Phi) is 6.17. The molecule has 166 valence electrons. The smallest absolute Gasteiger partial charge is 0.351 e. The summed E-state index contributed by atoms with van der Waals surface area (Å²) >= 11 is 0. The number of hydrogen-bond donors (Lipinski definition) is 2. The van der Waals surface area contributed by atoms with E-state index in [-0.39, 0.29) is 11.7 Å². The third kappa shape index (κ3) is 4.00. The van der Waals surface area contributed by atoms with E-state index in [2.05, 4.69) is 10.3 Å². The highest BCUT2D eigenvalue weighted by Crippen LogP contribution is 2.47. The molecule has 2 fully saturated rings. The fourth-order valence-corrected chi connectivity index (χ4v) is 4.10. The molecule has 1 amide bonds. The lowest BCUT2D eigenvalue weighted by Gasteiger charge is -2.36. The van der Waals surface area contributed by atoms with Gasteiger partial charge in [-0.15, -0.1) is 0 Å². The molecule has 0 aliphatic carbocycles. The number of nitrogens with one attached hydrogen (secondary N) is 1. The lowest BCUT2D eigenvalue weighted by Crippen LogP contribution is -2.47. The molecule has 4 rings (SSSR count). The zero-order valence-corrected chi connectivity index (χ0v) is 17.4. The van der Waals surface area contributed by atoms with E-state index >= 15 is 0 Å². The van der Waals surface area contributed by atoms with Gasteiger partial charge in [0.2, 0.25) is 0 Å². The largest absolute Gasteiger partial charge is 0.388 e. The summed E-state index contributed by atoms with van der Waals surface area (Å²) in [6.45, 7) is 3.04. The molecule has 4 atom stereocenters. The van der Waals surface area contributed by atoms with Gasteiger partial charge in [0, 0.05) is 18.9 Å². The Morgan fingerprint density at radius 2 is 2.10 bits per heavy atom. The Morgan fingerprint density at radius 3 is 2.74 bits per heavy atom. The average molecular weight is 430 g/mol. The molecular formula is C21H26N4O6. The van der Waals surface area contributed by atoms with Crippen molar-refractivity contribution in [1.82, 2.24) is 14.6 Å². The molecule has 2 saturated heterocycles. The number of carbonyl (C=O) groups excluding carboxylic acids is 1. The van der Waals surface area contributed by atoms with Gasteiger partial charge in [0.25, 0.3) is 5.91 Å². The van der Waals surface area contributed by atoms with E-state index in [1.807, 2.05) is 13.0 Å². The van der Waals surface area contributed by atoms with Crippen LogP contribution in [0.15, 0.2) is 47.4 Å². The van der Waals surface area contributed by atoms with Crippen LogP contribution in [0, 0.1) is 0 Å². The van der Waals surface area contributed by atoms with Crippen LogP contribution >= 0.6 is 0 Å². The lowest BCUT2D eigenvalue weighted by molar-refractivity contribution is -0.252. The number of morpholine rings is 1. The van der Waals surface area contributed by atoms with Crippen molar-refractivity contribution < 1.29 is 24.2 Å². The first-order valence-electron chi connectivity index (χ1n) is 10.2. The molecule has 31 heavy (non-hydrogen) atoms. The molecule has 0 saturated carbocycles. The van der Waals surface area contributed by atoms with Crippen LogP contribution in [-0.2, 0) is 14.3 Å². The van der Waals surface area contributed by atoms with Gasteiger partial charge in [-0.2, -0.15) is 10.0 Å². The average Bonchev–Trinajstić information content (AvgIpc) is 3.21. The Labute approximate surface area is 179 Å². The van der Waals surface area contributed by atoms with Crippen molar-refractivity contribution in [2.75, 3.05) is 32.2 Å². The number of hydroxylamine groups is 2. The molecule has 1 aromatic carbocycles. The van der Waals surface area contributed by atoms with Crippen LogP contribution in [0.1, 0.15) is 29.9 Å². The van der Waals surface area contributed by atoms with Crippen molar-refractivity contribution in [3.63, 3.8) is 0 Å². The van der Waals surface area contributed by atoms with Crippen molar-refractivity contribution in [3.8, 4) is 0 Å². The Bertz CT molecular complexity index is 983. The summed E-state index contributed by atoms with van der Waals surface area (Å²) in [7, 11) is 1.58. The number of rotatable bonds is 8. The second kappa shape index (κ2) is 8.85. The molecule has 2 aliphatic rings. The van der Waals surface area contributed by atoms with Crippen molar-refractivity contribution in [1.29, 1.82) is 0 Å². The van der Waals surface area contributed by atoms with E-state index in [4.69, 9.17) is 14.3 Å². The van der Waals surface area contributed by atoms with Crippen LogP contribution in [0.25, 0.3) is 0 Å². The maximum atomic E-state index is 12.7. The van der Waals surface area contributed by atoms with Crippen LogP contribution in [-0.4, -0.2) is 70.2 Å². The molecule has 0 unspecified atom stereocenters. The Morgan fingerprint density at radius 1 is 1.32 bits per heavy atom. The SMILES string of the molecule is CC[C@@]12CN(OCCOC)[C@@H]([C@H](n3ccc(NC(=O)c4ccccc4)nc3=O)O1)[C@@H]2O. The zero-order valence-electron chi connectivity index (χ0n) is 17.4. The number of hydrogen-bond acceptors (Lipinski definition) is 8. The van der Waals surface area contributed by atoms with Gasteiger partial charge >= 0.3 is 5.69 Å². The summed E-state index contributed by atoms with van der Waals surface area (Å²) in [6, 6.07) is 9.61. The van der Waals surface area contributed by atoms with Gasteiger partial charge in [0.15, 0.2) is 6.23 Å². The van der Waals surface area contributed by atoms with E-state index in [0.717, 1.165) is 0 Å². The van der Waals surface area contributed by atoms with Crippen LogP contribution in [0.4, 0.5) is 5.82 Å². The monoisotopic (exact) mass is 430 g/mol. The number of aliphatic hydroxyl groups excluding tert-OH is 1. The highest BCUT2D eigenvalue weighted by molar-refractivity contribution is 6.03. The number of methoxy groups -OCH3 is 1. The maximum Gasteiger partial charge on any atom is 0.351 e. The van der Waals surface area contributed by atoms with Gasteiger partial charge in [-0.3, -0.25) is 14.2 Å². The standard InChI is InChI=1S/C21H26N4O6/c1-3-21-13-25(30-12-11-29-2)16(17(21)26)19(31-21)24-10-9-15(23-20(24)28)22-18(27)14-7-5-4-6-8-14/h4-10,16-17,19,26H,3,11-13H2,1-2H3,(H,22,23,27,28)/t16-,17+,19-,21+/m1/s1. The summed E-state index contributed by atoms with van der Waals surface area (Å²) in [5.74, 6) is -0.225. The number of nitrogens with zero attached hydrogens (tertiary/aromatic N) is 3. The van der Waals surface area contributed by atoms with E-state index < -0.39 is 29.7 Å². The number of carbonyl (C=O) groups is 1. The zero-order chi connectivity index (χ0) is 22.0. The number of ether oxygens (including phenoxy) is 2. The predicted molar refractivity (Wildman–Crippen MR) is 110 cm³/mol. The third-order valence-corrected chi connectivity index (χ3v) is 5.79. The van der Waals surface area contributed by atoms with Crippen molar-refractivity contribution in [2.45, 2.75) is 37.3 Å². The second-order valence-corrected chi connectivity index (χ2v) is 7.59. The molecule has 0 spiro atoms. The van der Waals surface area contributed by atoms with Gasteiger partial charge in [-0.05, 0) is 24.6 Å².